The van der Waals surface area contributed by atoms with Crippen molar-refractivity contribution in [3.63, 3.8) is 0 Å². The van der Waals surface area contributed by atoms with Crippen molar-refractivity contribution >= 4 is 23.4 Å². The van der Waals surface area contributed by atoms with Gasteiger partial charge in [-0.15, -0.1) is 0 Å². The van der Waals surface area contributed by atoms with Crippen molar-refractivity contribution in [2.24, 2.45) is 0 Å². The van der Waals surface area contributed by atoms with E-state index in [4.69, 9.17) is 16.7 Å². The number of carbonyl (C=O) groups excluding carboxylic acids is 2. The van der Waals surface area contributed by atoms with Gasteiger partial charge in [-0.25, -0.2) is 4.39 Å². The van der Waals surface area contributed by atoms with Crippen molar-refractivity contribution in [1.29, 1.82) is 0 Å². The van der Waals surface area contributed by atoms with Crippen molar-refractivity contribution in [3.05, 3.63) is 34.6 Å². The molecule has 2 N–H and O–H groups in total. The molecule has 25 heavy (non-hydrogen) atoms. The van der Waals surface area contributed by atoms with Crippen LogP contribution in [0, 0.1) is 5.82 Å². The van der Waals surface area contributed by atoms with Gasteiger partial charge in [0.25, 0.3) is 0 Å². The maximum absolute atomic E-state index is 14.1. The van der Waals surface area contributed by atoms with Crippen molar-refractivity contribution in [2.45, 2.75) is 25.9 Å². The van der Waals surface area contributed by atoms with Crippen LogP contribution in [0.5, 0.6) is 0 Å². The lowest BCUT2D eigenvalue weighted by atomic mass is 10.1. The molecular formula is C17H23ClFN3O3. The Morgan fingerprint density at radius 1 is 1.52 bits per heavy atom. The first-order chi connectivity index (χ1) is 12.0. The Bertz CT molecular complexity index is 609. The molecule has 6 nitrogen and oxygen atoms in total. The number of carbonyl (C=O) groups is 2. The summed E-state index contributed by atoms with van der Waals surface area (Å²) in [6, 6.07) is 3.76. The molecule has 2 rings (SSSR count). The molecule has 138 valence electrons. The molecule has 1 aliphatic heterocycles. The number of rotatable bonds is 7. The number of halogens is 2. The molecule has 2 amide bonds. The van der Waals surface area contributed by atoms with E-state index in [1.807, 2.05) is 6.92 Å². The molecule has 1 heterocycles. The van der Waals surface area contributed by atoms with E-state index in [2.05, 4.69) is 5.32 Å². The minimum atomic E-state index is -0.690. The van der Waals surface area contributed by atoms with E-state index in [0.29, 0.717) is 30.2 Å². The lowest BCUT2D eigenvalue weighted by molar-refractivity contribution is -0.139. The second-order valence-corrected chi connectivity index (χ2v) is 6.29. The fourth-order valence-electron chi connectivity index (χ4n) is 2.93. The molecule has 1 fully saturated rings. The highest BCUT2D eigenvalue weighted by Crippen LogP contribution is 2.23. The third-order valence-electron chi connectivity index (χ3n) is 4.34. The van der Waals surface area contributed by atoms with Gasteiger partial charge in [0.2, 0.25) is 11.8 Å². The third kappa shape index (κ3) is 4.90. The average molecular weight is 372 g/mol. The molecule has 1 aromatic rings. The molecule has 0 spiro atoms. The van der Waals surface area contributed by atoms with E-state index in [0.717, 1.165) is 0 Å². The van der Waals surface area contributed by atoms with Crippen LogP contribution in [0.25, 0.3) is 0 Å². The van der Waals surface area contributed by atoms with Gasteiger partial charge < -0.3 is 15.3 Å². The number of likely N-dealkylation sites (N-methyl/N-ethyl adjacent to an activating group) is 1. The Kier molecular flexibility index (Phi) is 7.16. The minimum absolute atomic E-state index is 0.0221. The SMILES string of the molecule is CCN(CCO)C(=O)C[C@H]1C(=O)NCCN1Cc1c(F)cccc1Cl. The summed E-state index contributed by atoms with van der Waals surface area (Å²) in [7, 11) is 0. The van der Waals surface area contributed by atoms with Crippen LogP contribution in [-0.2, 0) is 16.1 Å². The summed E-state index contributed by atoms with van der Waals surface area (Å²) in [6.07, 6.45) is -0.0221. The number of aliphatic hydroxyl groups excluding tert-OH is 1. The standard InChI is InChI=1S/C17H23ClFN3O3/c1-2-21(8-9-23)16(24)10-15-17(25)20-6-7-22(15)11-12-13(18)4-3-5-14(12)19/h3-5,15,23H,2,6-11H2,1H3,(H,20,25)/t15-/m0/s1. The topological polar surface area (TPSA) is 72.9 Å². The molecule has 0 radical (unpaired) electrons. The Labute approximate surface area is 151 Å². The fraction of sp³-hybridized carbons (Fsp3) is 0.529. The summed E-state index contributed by atoms with van der Waals surface area (Å²) in [6.45, 7) is 3.44. The zero-order valence-electron chi connectivity index (χ0n) is 14.2. The average Bonchev–Trinajstić information content (AvgIpc) is 2.58. The van der Waals surface area contributed by atoms with Crippen LogP contribution in [0.2, 0.25) is 5.02 Å². The van der Waals surface area contributed by atoms with Gasteiger partial charge in [0.15, 0.2) is 0 Å². The fourth-order valence-corrected chi connectivity index (χ4v) is 3.16. The highest BCUT2D eigenvalue weighted by Gasteiger charge is 2.33. The summed E-state index contributed by atoms with van der Waals surface area (Å²) < 4.78 is 14.1. The maximum atomic E-state index is 14.1. The summed E-state index contributed by atoms with van der Waals surface area (Å²) in [5, 5.41) is 12.1. The molecule has 0 aliphatic carbocycles. The van der Waals surface area contributed by atoms with E-state index in [9.17, 15) is 14.0 Å². The first-order valence-corrected chi connectivity index (χ1v) is 8.69. The summed E-state index contributed by atoms with van der Waals surface area (Å²) in [5.41, 5.74) is 0.319. The number of aliphatic hydroxyl groups is 1. The molecule has 0 bridgehead atoms. The van der Waals surface area contributed by atoms with Gasteiger partial charge in [0, 0.05) is 43.3 Å². The lowest BCUT2D eigenvalue weighted by Crippen LogP contribution is -2.56. The van der Waals surface area contributed by atoms with Crippen LogP contribution < -0.4 is 5.32 Å². The normalized spacial score (nSPS) is 18.1. The Morgan fingerprint density at radius 3 is 2.92 bits per heavy atom. The van der Waals surface area contributed by atoms with Crippen LogP contribution in [-0.4, -0.2) is 65.5 Å². The van der Waals surface area contributed by atoms with Crippen molar-refractivity contribution in [2.75, 3.05) is 32.8 Å². The highest BCUT2D eigenvalue weighted by molar-refractivity contribution is 6.31. The zero-order chi connectivity index (χ0) is 18.4. The van der Waals surface area contributed by atoms with Crippen molar-refractivity contribution < 1.29 is 19.1 Å². The monoisotopic (exact) mass is 371 g/mol. The number of benzene rings is 1. The van der Waals surface area contributed by atoms with E-state index in [1.54, 1.807) is 11.0 Å². The molecule has 1 saturated heterocycles. The molecule has 1 aromatic carbocycles. The number of piperazine rings is 1. The molecule has 0 unspecified atom stereocenters. The van der Waals surface area contributed by atoms with Gasteiger partial charge in [-0.05, 0) is 19.1 Å². The predicted octanol–water partition coefficient (Wildman–Crippen LogP) is 1.01. The Balaban J connectivity index is 2.15. The number of hydrogen-bond acceptors (Lipinski definition) is 4. The van der Waals surface area contributed by atoms with Gasteiger partial charge >= 0.3 is 0 Å². The smallest absolute Gasteiger partial charge is 0.237 e. The van der Waals surface area contributed by atoms with Crippen LogP contribution in [0.1, 0.15) is 18.9 Å². The Hall–Kier alpha value is -1.70. The van der Waals surface area contributed by atoms with E-state index in [-0.39, 0.29) is 37.9 Å². The molecule has 1 atom stereocenters. The van der Waals surface area contributed by atoms with Gasteiger partial charge in [0.1, 0.15) is 5.82 Å². The summed E-state index contributed by atoms with van der Waals surface area (Å²) in [5.74, 6) is -0.908. The van der Waals surface area contributed by atoms with E-state index < -0.39 is 11.9 Å². The van der Waals surface area contributed by atoms with Crippen molar-refractivity contribution in [3.8, 4) is 0 Å². The van der Waals surface area contributed by atoms with E-state index >= 15 is 0 Å². The van der Waals surface area contributed by atoms with Crippen LogP contribution in [0.3, 0.4) is 0 Å². The quantitative estimate of drug-likeness (QED) is 0.750. The Morgan fingerprint density at radius 2 is 2.28 bits per heavy atom. The minimum Gasteiger partial charge on any atom is -0.395 e. The predicted molar refractivity (Wildman–Crippen MR) is 92.6 cm³/mol. The first-order valence-electron chi connectivity index (χ1n) is 8.31. The van der Waals surface area contributed by atoms with Gasteiger partial charge in [0.05, 0.1) is 19.1 Å². The van der Waals surface area contributed by atoms with Gasteiger partial charge in [-0.2, -0.15) is 0 Å². The van der Waals surface area contributed by atoms with Gasteiger partial charge in [-0.3, -0.25) is 14.5 Å². The second kappa shape index (κ2) is 9.12. The third-order valence-corrected chi connectivity index (χ3v) is 4.69. The maximum Gasteiger partial charge on any atom is 0.237 e. The highest BCUT2D eigenvalue weighted by atomic mass is 35.5. The molecule has 0 saturated carbocycles. The van der Waals surface area contributed by atoms with Crippen LogP contribution >= 0.6 is 11.6 Å². The molecule has 0 aromatic heterocycles. The number of nitrogens with one attached hydrogen (secondary N) is 1. The first kappa shape index (κ1) is 19.6. The van der Waals surface area contributed by atoms with Crippen molar-refractivity contribution in [1.82, 2.24) is 15.1 Å². The molecular weight excluding hydrogens is 349 g/mol. The number of amides is 2. The molecule has 1 aliphatic rings. The van der Waals surface area contributed by atoms with Crippen LogP contribution in [0.15, 0.2) is 18.2 Å². The van der Waals surface area contributed by atoms with Crippen LogP contribution in [0.4, 0.5) is 4.39 Å². The number of nitrogens with zero attached hydrogens (tertiary/aromatic N) is 2. The summed E-state index contributed by atoms with van der Waals surface area (Å²) >= 11 is 6.08. The largest absolute Gasteiger partial charge is 0.395 e. The number of hydrogen-bond donors (Lipinski definition) is 2. The zero-order valence-corrected chi connectivity index (χ0v) is 14.9. The molecule has 8 heteroatoms. The second-order valence-electron chi connectivity index (χ2n) is 5.88. The lowest BCUT2D eigenvalue weighted by Gasteiger charge is -2.35. The van der Waals surface area contributed by atoms with Gasteiger partial charge in [-0.1, -0.05) is 17.7 Å². The summed E-state index contributed by atoms with van der Waals surface area (Å²) in [4.78, 5) is 28.0. The van der Waals surface area contributed by atoms with E-state index in [1.165, 1.54) is 17.0 Å².